The van der Waals surface area contributed by atoms with Crippen LogP contribution in [0.2, 0.25) is 5.02 Å². The summed E-state index contributed by atoms with van der Waals surface area (Å²) in [5, 5.41) is 5.70. The van der Waals surface area contributed by atoms with Gasteiger partial charge in [0.05, 0.1) is 28.7 Å². The van der Waals surface area contributed by atoms with Crippen LogP contribution >= 0.6 is 23.4 Å². The summed E-state index contributed by atoms with van der Waals surface area (Å²) < 4.78 is 54.7. The molecule has 39 heavy (non-hydrogen) atoms. The number of carbonyl (C=O) groups excluding carboxylic acids is 1. The Morgan fingerprint density at radius 1 is 1.18 bits per heavy atom. The van der Waals surface area contributed by atoms with E-state index in [4.69, 9.17) is 11.6 Å². The van der Waals surface area contributed by atoms with Crippen LogP contribution < -0.4 is 0 Å². The number of piperidine rings is 1. The molecule has 0 spiro atoms. The Hall–Kier alpha value is -2.89. The first-order valence-electron chi connectivity index (χ1n) is 12.5. The van der Waals surface area contributed by atoms with E-state index < -0.39 is 11.7 Å². The summed E-state index contributed by atoms with van der Waals surface area (Å²) in [6.07, 6.45) is 0.582. The van der Waals surface area contributed by atoms with Gasteiger partial charge in [-0.15, -0.1) is 0 Å². The van der Waals surface area contributed by atoms with Crippen LogP contribution in [-0.4, -0.2) is 70.1 Å². The van der Waals surface area contributed by atoms with Crippen molar-refractivity contribution in [2.24, 2.45) is 4.99 Å². The smallest absolute Gasteiger partial charge is 0.351 e. The number of aliphatic imine (C=N–C) groups is 1. The summed E-state index contributed by atoms with van der Waals surface area (Å²) >= 11 is 7.12. The van der Waals surface area contributed by atoms with Crippen molar-refractivity contribution in [2.45, 2.75) is 31.6 Å². The maximum absolute atomic E-state index is 13.5. The third-order valence-corrected chi connectivity index (χ3v) is 8.39. The van der Waals surface area contributed by atoms with Crippen LogP contribution in [-0.2, 0) is 17.5 Å². The van der Waals surface area contributed by atoms with Crippen molar-refractivity contribution >= 4 is 51.4 Å². The third-order valence-electron chi connectivity index (χ3n) is 7.08. The monoisotopic (exact) mass is 579 g/mol. The Kier molecular flexibility index (Phi) is 8.02. The van der Waals surface area contributed by atoms with Gasteiger partial charge in [-0.3, -0.25) is 9.48 Å². The van der Waals surface area contributed by atoms with Gasteiger partial charge in [-0.05, 0) is 66.1 Å². The zero-order chi connectivity index (χ0) is 27.7. The maximum Gasteiger partial charge on any atom is 0.416 e. The molecule has 0 saturated carbocycles. The first-order valence-corrected chi connectivity index (χ1v) is 13.7. The molecule has 2 aliphatic rings. The molecule has 2 aliphatic heterocycles. The molecule has 206 valence electrons. The molecule has 0 atom stereocenters. The fourth-order valence-electron chi connectivity index (χ4n) is 4.94. The van der Waals surface area contributed by atoms with Crippen molar-refractivity contribution in [1.29, 1.82) is 0 Å². The number of likely N-dealkylation sites (tertiary alicyclic amines) is 1. The van der Waals surface area contributed by atoms with Crippen LogP contribution in [0.15, 0.2) is 52.5 Å². The molecular weight excluding hydrogens is 554 g/mol. The van der Waals surface area contributed by atoms with E-state index in [-0.39, 0.29) is 35.8 Å². The first-order chi connectivity index (χ1) is 18.6. The largest absolute Gasteiger partial charge is 0.416 e. The van der Waals surface area contributed by atoms with Gasteiger partial charge in [0.1, 0.15) is 6.67 Å². The van der Waals surface area contributed by atoms with Crippen LogP contribution in [0.1, 0.15) is 29.5 Å². The third kappa shape index (κ3) is 6.15. The number of halogens is 5. The molecule has 1 aromatic heterocycles. The minimum absolute atomic E-state index is 0.0192. The van der Waals surface area contributed by atoms with Crippen molar-refractivity contribution < 1.29 is 22.4 Å². The molecule has 0 N–H and O–H groups in total. The summed E-state index contributed by atoms with van der Waals surface area (Å²) in [6, 6.07) is 9.38. The Morgan fingerprint density at radius 2 is 1.95 bits per heavy atom. The Labute approximate surface area is 232 Å². The summed E-state index contributed by atoms with van der Waals surface area (Å²) in [7, 11) is 1.93. The highest BCUT2D eigenvalue weighted by Crippen LogP contribution is 2.35. The van der Waals surface area contributed by atoms with E-state index >= 15 is 0 Å². The van der Waals surface area contributed by atoms with E-state index in [2.05, 4.69) is 15.0 Å². The van der Waals surface area contributed by atoms with E-state index in [9.17, 15) is 22.4 Å². The van der Waals surface area contributed by atoms with Crippen molar-refractivity contribution in [3.63, 3.8) is 0 Å². The average Bonchev–Trinajstić information content (AvgIpc) is 3.47. The molecule has 3 heterocycles. The lowest BCUT2D eigenvalue weighted by Gasteiger charge is -2.36. The van der Waals surface area contributed by atoms with Gasteiger partial charge in [-0.2, -0.15) is 23.3 Å². The Bertz CT molecular complexity index is 1450. The summed E-state index contributed by atoms with van der Waals surface area (Å²) in [4.78, 5) is 21.5. The zero-order valence-electron chi connectivity index (χ0n) is 21.1. The molecule has 12 heteroatoms. The van der Waals surface area contributed by atoms with Crippen molar-refractivity contribution in [1.82, 2.24) is 19.6 Å². The van der Waals surface area contributed by atoms with Crippen molar-refractivity contribution in [3.05, 3.63) is 69.2 Å². The quantitative estimate of drug-likeness (QED) is 0.261. The van der Waals surface area contributed by atoms with Crippen LogP contribution in [0.5, 0.6) is 0 Å². The van der Waals surface area contributed by atoms with Gasteiger partial charge in [0.2, 0.25) is 0 Å². The molecule has 1 fully saturated rings. The molecule has 1 saturated heterocycles. The van der Waals surface area contributed by atoms with Gasteiger partial charge in [-0.1, -0.05) is 23.7 Å². The molecule has 0 unspecified atom stereocenters. The normalized spacial score (nSPS) is 18.4. The summed E-state index contributed by atoms with van der Waals surface area (Å²) in [6.45, 7) is 1.67. The lowest BCUT2D eigenvalue weighted by molar-refractivity contribution is -0.138. The molecule has 2 aromatic carbocycles. The molecule has 3 aromatic rings. The lowest BCUT2D eigenvalue weighted by atomic mass is 10.0. The van der Waals surface area contributed by atoms with E-state index in [1.165, 1.54) is 28.6 Å². The highest BCUT2D eigenvalue weighted by molar-refractivity contribution is 8.18. The second-order valence-corrected chi connectivity index (χ2v) is 11.0. The number of thioether (sulfide) groups is 1. The number of hydrogen-bond donors (Lipinski definition) is 0. The SMILES string of the molecule is CN(C1=NC(=O)/C(=C/c2ccc3c(cnn3Cc3ccc(Cl)cc3C(F)(F)F)c2)S1)C1CCN(CCF)CC1. The number of nitrogens with zero attached hydrogens (tertiary/aromatic N) is 5. The number of hydrogen-bond acceptors (Lipinski definition) is 5. The predicted octanol–water partition coefficient (Wildman–Crippen LogP) is 6.09. The summed E-state index contributed by atoms with van der Waals surface area (Å²) in [5.74, 6) is -0.310. The number of amides is 1. The number of benzene rings is 2. The number of rotatable bonds is 6. The minimum atomic E-state index is -4.53. The van der Waals surface area contributed by atoms with Gasteiger partial charge in [0.15, 0.2) is 5.17 Å². The number of carbonyl (C=O) groups is 1. The van der Waals surface area contributed by atoms with Crippen molar-refractivity contribution in [2.75, 3.05) is 33.4 Å². The van der Waals surface area contributed by atoms with Crippen LogP contribution in [0, 0.1) is 0 Å². The highest BCUT2D eigenvalue weighted by Gasteiger charge is 2.34. The number of amidine groups is 1. The zero-order valence-corrected chi connectivity index (χ0v) is 22.7. The fourth-order valence-corrected chi connectivity index (χ4v) is 6.06. The van der Waals surface area contributed by atoms with Gasteiger partial charge >= 0.3 is 6.18 Å². The standard InChI is InChI=1S/C27H26ClF4N5OS/c1-35(21-6-9-36(10-7-21)11-8-29)26-34-25(38)24(39-26)13-17-2-5-23-19(12-17)15-33-37(23)16-18-3-4-20(28)14-22(18)27(30,31)32/h2-5,12-15,21H,6-11,16H2,1H3/b24-13-. The maximum atomic E-state index is 13.5. The van der Waals surface area contributed by atoms with E-state index in [0.717, 1.165) is 42.9 Å². The summed E-state index contributed by atoms with van der Waals surface area (Å²) in [5.41, 5.74) is 0.709. The van der Waals surface area contributed by atoms with E-state index in [1.807, 2.05) is 18.0 Å². The lowest BCUT2D eigenvalue weighted by Crippen LogP contribution is -2.45. The van der Waals surface area contributed by atoms with Crippen LogP contribution in [0.25, 0.3) is 17.0 Å². The second-order valence-electron chi connectivity index (χ2n) is 9.60. The first kappa shape index (κ1) is 27.7. The molecule has 0 bridgehead atoms. The number of fused-ring (bicyclic) bond motifs is 1. The molecule has 0 radical (unpaired) electrons. The Morgan fingerprint density at radius 3 is 2.67 bits per heavy atom. The minimum Gasteiger partial charge on any atom is -0.351 e. The molecule has 5 rings (SSSR count). The Balaban J connectivity index is 1.29. The van der Waals surface area contributed by atoms with Gasteiger partial charge in [0, 0.05) is 43.1 Å². The molecule has 6 nitrogen and oxygen atoms in total. The number of alkyl halides is 4. The molecular formula is C27H26ClF4N5OS. The van der Waals surface area contributed by atoms with Gasteiger partial charge < -0.3 is 9.80 Å². The van der Waals surface area contributed by atoms with Gasteiger partial charge in [-0.25, -0.2) is 4.39 Å². The topological polar surface area (TPSA) is 53.7 Å². The van der Waals surface area contributed by atoms with E-state index in [0.29, 0.717) is 22.1 Å². The van der Waals surface area contributed by atoms with E-state index in [1.54, 1.807) is 24.4 Å². The van der Waals surface area contributed by atoms with Crippen LogP contribution in [0.4, 0.5) is 17.6 Å². The van der Waals surface area contributed by atoms with Crippen LogP contribution in [0.3, 0.4) is 0 Å². The fraction of sp³-hybridized carbons (Fsp3) is 0.370. The van der Waals surface area contributed by atoms with Gasteiger partial charge in [0.25, 0.3) is 5.91 Å². The molecule has 1 amide bonds. The average molecular weight is 580 g/mol. The van der Waals surface area contributed by atoms with Crippen molar-refractivity contribution in [3.8, 4) is 0 Å². The second kappa shape index (κ2) is 11.3. The highest BCUT2D eigenvalue weighted by atomic mass is 35.5. The molecule has 0 aliphatic carbocycles. The predicted molar refractivity (Wildman–Crippen MR) is 146 cm³/mol. The number of aromatic nitrogens is 2.